The van der Waals surface area contributed by atoms with Crippen molar-refractivity contribution in [3.05, 3.63) is 70.6 Å². The Balaban J connectivity index is 1.70. The number of hydrogen-bond donors (Lipinski definition) is 2. The molecule has 2 N–H and O–H groups in total. The fourth-order valence-electron chi connectivity index (χ4n) is 2.65. The first-order valence-corrected chi connectivity index (χ1v) is 11.6. The maximum atomic E-state index is 12.8. The van der Waals surface area contributed by atoms with Crippen LogP contribution in [0.4, 0.5) is 5.13 Å². The number of amides is 2. The van der Waals surface area contributed by atoms with Gasteiger partial charge in [-0.05, 0) is 30.6 Å². The number of thioether (sulfide) groups is 1. The molecule has 1 aromatic heterocycles. The van der Waals surface area contributed by atoms with Gasteiger partial charge >= 0.3 is 0 Å². The van der Waals surface area contributed by atoms with Gasteiger partial charge in [-0.25, -0.2) is 4.98 Å². The quantitative estimate of drug-likeness (QED) is 0.514. The number of benzene rings is 2. The highest BCUT2D eigenvalue weighted by Gasteiger charge is 2.23. The van der Waals surface area contributed by atoms with E-state index in [4.69, 9.17) is 11.6 Å². The Morgan fingerprint density at radius 2 is 1.86 bits per heavy atom. The minimum Gasteiger partial charge on any atom is -0.340 e. The molecule has 0 aliphatic carbocycles. The maximum absolute atomic E-state index is 12.8. The highest BCUT2D eigenvalue weighted by Crippen LogP contribution is 2.25. The Morgan fingerprint density at radius 3 is 2.59 bits per heavy atom. The molecule has 0 aliphatic heterocycles. The van der Waals surface area contributed by atoms with E-state index in [1.54, 1.807) is 36.0 Å². The van der Waals surface area contributed by atoms with Crippen molar-refractivity contribution < 1.29 is 9.59 Å². The van der Waals surface area contributed by atoms with E-state index in [0.29, 0.717) is 22.1 Å². The molecule has 3 aromatic rings. The molecule has 0 aliphatic rings. The summed E-state index contributed by atoms with van der Waals surface area (Å²) in [5.74, 6) is 0.0583. The highest BCUT2D eigenvalue weighted by atomic mass is 35.5. The van der Waals surface area contributed by atoms with Gasteiger partial charge in [-0.1, -0.05) is 54.1 Å². The Kier molecular flexibility index (Phi) is 7.69. The Morgan fingerprint density at radius 1 is 1.14 bits per heavy atom. The molecule has 8 heteroatoms. The van der Waals surface area contributed by atoms with E-state index in [0.717, 1.165) is 17.0 Å². The van der Waals surface area contributed by atoms with Gasteiger partial charge in [0.15, 0.2) is 5.13 Å². The number of hydrogen-bond acceptors (Lipinski definition) is 5. The minimum atomic E-state index is -0.685. The fraction of sp³-hybridized carbons (Fsp3) is 0.190. The van der Waals surface area contributed by atoms with Crippen molar-refractivity contribution in [1.29, 1.82) is 0 Å². The van der Waals surface area contributed by atoms with Crippen molar-refractivity contribution in [3.8, 4) is 11.3 Å². The normalized spacial score (nSPS) is 11.7. The summed E-state index contributed by atoms with van der Waals surface area (Å²) in [6.45, 7) is 0. The zero-order valence-corrected chi connectivity index (χ0v) is 18.1. The van der Waals surface area contributed by atoms with Crippen LogP contribution in [0.15, 0.2) is 60.0 Å². The molecule has 0 bridgehead atoms. The number of anilines is 1. The first-order valence-electron chi connectivity index (χ1n) is 8.94. The average Bonchev–Trinajstić information content (AvgIpc) is 3.20. The molecule has 29 heavy (non-hydrogen) atoms. The second-order valence-electron chi connectivity index (χ2n) is 6.18. The Labute approximate surface area is 182 Å². The summed E-state index contributed by atoms with van der Waals surface area (Å²) in [6.07, 6.45) is 2.46. The number of halogens is 1. The topological polar surface area (TPSA) is 71.1 Å². The Hall–Kier alpha value is -2.35. The van der Waals surface area contributed by atoms with Crippen LogP contribution in [0.25, 0.3) is 11.3 Å². The standard InChI is InChI=1S/C21H20ClN3O2S2/c1-28-12-11-17(23-19(26)15-9-5-6-10-16(15)22)20(27)25-21-24-18(13-29-21)14-7-3-2-4-8-14/h2-10,13,17H,11-12H2,1H3,(H,23,26)(H,24,25,27). The van der Waals surface area contributed by atoms with Gasteiger partial charge in [-0.2, -0.15) is 11.8 Å². The highest BCUT2D eigenvalue weighted by molar-refractivity contribution is 7.98. The van der Waals surface area contributed by atoms with Crippen LogP contribution >= 0.6 is 34.7 Å². The summed E-state index contributed by atoms with van der Waals surface area (Å²) in [6, 6.07) is 15.8. The summed E-state index contributed by atoms with van der Waals surface area (Å²) in [7, 11) is 0. The van der Waals surface area contributed by atoms with E-state index in [9.17, 15) is 9.59 Å². The maximum Gasteiger partial charge on any atom is 0.253 e. The van der Waals surface area contributed by atoms with Crippen LogP contribution in [-0.4, -0.2) is 34.8 Å². The molecule has 150 valence electrons. The molecule has 0 spiro atoms. The predicted molar refractivity (Wildman–Crippen MR) is 122 cm³/mol. The van der Waals surface area contributed by atoms with E-state index in [1.165, 1.54) is 11.3 Å². The predicted octanol–water partition coefficient (Wildman–Crippen LogP) is 4.95. The minimum absolute atomic E-state index is 0.298. The van der Waals surface area contributed by atoms with Crippen molar-refractivity contribution in [3.63, 3.8) is 0 Å². The largest absolute Gasteiger partial charge is 0.340 e. The second-order valence-corrected chi connectivity index (χ2v) is 8.43. The van der Waals surface area contributed by atoms with E-state index in [2.05, 4.69) is 15.6 Å². The number of carbonyl (C=O) groups excluding carboxylic acids is 2. The molecule has 0 fully saturated rings. The molecule has 1 heterocycles. The zero-order chi connectivity index (χ0) is 20.6. The van der Waals surface area contributed by atoms with Crippen molar-refractivity contribution in [2.24, 2.45) is 0 Å². The SMILES string of the molecule is CSCCC(NC(=O)c1ccccc1Cl)C(=O)Nc1nc(-c2ccccc2)cs1. The zero-order valence-electron chi connectivity index (χ0n) is 15.7. The van der Waals surface area contributed by atoms with E-state index in [-0.39, 0.29) is 11.8 Å². The lowest BCUT2D eigenvalue weighted by Crippen LogP contribution is -2.44. The Bertz CT molecular complexity index is 979. The van der Waals surface area contributed by atoms with Gasteiger partial charge in [0.1, 0.15) is 6.04 Å². The fourth-order valence-corrected chi connectivity index (χ4v) is 4.07. The van der Waals surface area contributed by atoms with Crippen LogP contribution in [0.5, 0.6) is 0 Å². The summed E-state index contributed by atoms with van der Waals surface area (Å²) in [5, 5.41) is 8.36. The molecule has 0 saturated heterocycles. The smallest absolute Gasteiger partial charge is 0.253 e. The average molecular weight is 446 g/mol. The van der Waals surface area contributed by atoms with Crippen LogP contribution in [0.2, 0.25) is 5.02 Å². The first kappa shape index (κ1) is 21.4. The molecular formula is C21H20ClN3O2S2. The van der Waals surface area contributed by atoms with Gasteiger partial charge < -0.3 is 10.6 Å². The third-order valence-electron chi connectivity index (χ3n) is 4.15. The summed E-state index contributed by atoms with van der Waals surface area (Å²) in [5.41, 5.74) is 2.12. The molecule has 2 amide bonds. The van der Waals surface area contributed by atoms with Gasteiger partial charge in [0.05, 0.1) is 16.3 Å². The van der Waals surface area contributed by atoms with Crippen molar-refractivity contribution in [1.82, 2.24) is 10.3 Å². The first-order chi connectivity index (χ1) is 14.1. The van der Waals surface area contributed by atoms with E-state index in [1.807, 2.05) is 42.0 Å². The van der Waals surface area contributed by atoms with Crippen molar-refractivity contribution in [2.75, 3.05) is 17.3 Å². The lowest BCUT2D eigenvalue weighted by atomic mass is 10.1. The number of carbonyl (C=O) groups is 2. The number of rotatable bonds is 8. The van der Waals surface area contributed by atoms with Gasteiger partial charge in [-0.15, -0.1) is 11.3 Å². The molecular weight excluding hydrogens is 426 g/mol. The number of thiazole rings is 1. The van der Waals surface area contributed by atoms with Gasteiger partial charge in [-0.3, -0.25) is 9.59 Å². The van der Waals surface area contributed by atoms with Gasteiger partial charge in [0.25, 0.3) is 5.91 Å². The molecule has 1 atom stereocenters. The van der Waals surface area contributed by atoms with Crippen LogP contribution in [0.3, 0.4) is 0 Å². The summed E-state index contributed by atoms with van der Waals surface area (Å²) < 4.78 is 0. The number of nitrogens with one attached hydrogen (secondary N) is 2. The lowest BCUT2D eigenvalue weighted by molar-refractivity contribution is -0.118. The monoisotopic (exact) mass is 445 g/mol. The summed E-state index contributed by atoms with van der Waals surface area (Å²) in [4.78, 5) is 29.9. The number of aromatic nitrogens is 1. The third-order valence-corrected chi connectivity index (χ3v) is 5.89. The van der Waals surface area contributed by atoms with Crippen molar-refractivity contribution in [2.45, 2.75) is 12.5 Å². The van der Waals surface area contributed by atoms with E-state index < -0.39 is 6.04 Å². The molecule has 5 nitrogen and oxygen atoms in total. The molecule has 1 unspecified atom stereocenters. The lowest BCUT2D eigenvalue weighted by Gasteiger charge is -2.17. The third kappa shape index (κ3) is 5.82. The molecule has 0 saturated carbocycles. The molecule has 2 aromatic carbocycles. The number of nitrogens with zero attached hydrogens (tertiary/aromatic N) is 1. The van der Waals surface area contributed by atoms with Gasteiger partial charge in [0.2, 0.25) is 5.91 Å². The van der Waals surface area contributed by atoms with Crippen molar-refractivity contribution >= 4 is 51.6 Å². The molecule has 0 radical (unpaired) electrons. The summed E-state index contributed by atoms with van der Waals surface area (Å²) >= 11 is 9.06. The van der Waals surface area contributed by atoms with Gasteiger partial charge in [0, 0.05) is 10.9 Å². The van der Waals surface area contributed by atoms with E-state index >= 15 is 0 Å². The van der Waals surface area contributed by atoms with Crippen LogP contribution in [0.1, 0.15) is 16.8 Å². The van der Waals surface area contributed by atoms with Crippen LogP contribution < -0.4 is 10.6 Å². The van der Waals surface area contributed by atoms with Crippen LogP contribution in [-0.2, 0) is 4.79 Å². The van der Waals surface area contributed by atoms with Crippen LogP contribution in [0, 0.1) is 0 Å². The molecule has 3 rings (SSSR count). The second kappa shape index (κ2) is 10.4.